The second-order valence-electron chi connectivity index (χ2n) is 3.99. The maximum atomic E-state index is 11.3. The number of nitrogens with zero attached hydrogens (tertiary/aromatic N) is 1. The first kappa shape index (κ1) is 8.79. The lowest BCUT2D eigenvalue weighted by atomic mass is 9.84. The van der Waals surface area contributed by atoms with Crippen LogP contribution in [0.25, 0.3) is 0 Å². The lowest BCUT2D eigenvalue weighted by Gasteiger charge is -2.38. The van der Waals surface area contributed by atoms with Gasteiger partial charge in [-0.1, -0.05) is 0 Å². The van der Waals surface area contributed by atoms with E-state index in [0.717, 1.165) is 25.9 Å². The lowest BCUT2D eigenvalue weighted by molar-refractivity contribution is -0.115. The Morgan fingerprint density at radius 1 is 1.54 bits per heavy atom. The number of ketones is 1. The van der Waals surface area contributed by atoms with Gasteiger partial charge in [-0.3, -0.25) is 4.79 Å². The van der Waals surface area contributed by atoms with Crippen LogP contribution in [-0.4, -0.2) is 23.8 Å². The van der Waals surface area contributed by atoms with Gasteiger partial charge in [0.25, 0.3) is 0 Å². The number of likely N-dealkylation sites (tertiary alicyclic amines) is 1. The Labute approximate surface area is 79.6 Å². The summed E-state index contributed by atoms with van der Waals surface area (Å²) in [6.07, 6.45) is 6.32. The van der Waals surface area contributed by atoms with Crippen LogP contribution < -0.4 is 0 Å². The molecule has 1 saturated heterocycles. The Bertz CT molecular complexity index is 244. The van der Waals surface area contributed by atoms with Gasteiger partial charge in [-0.15, -0.1) is 0 Å². The van der Waals surface area contributed by atoms with E-state index in [4.69, 9.17) is 0 Å². The summed E-state index contributed by atoms with van der Waals surface area (Å²) in [5.74, 6) is 1.01. The predicted molar refractivity (Wildman–Crippen MR) is 52.3 cm³/mol. The molecule has 2 nitrogen and oxygen atoms in total. The summed E-state index contributed by atoms with van der Waals surface area (Å²) < 4.78 is 0. The molecule has 1 fully saturated rings. The minimum absolute atomic E-state index is 0.326. The van der Waals surface area contributed by atoms with Gasteiger partial charge >= 0.3 is 0 Å². The third-order valence-corrected chi connectivity index (χ3v) is 3.19. The molecule has 1 heterocycles. The molecule has 0 aromatic heterocycles. The molecule has 0 aromatic carbocycles. The molecule has 1 aliphatic carbocycles. The zero-order chi connectivity index (χ0) is 9.26. The zero-order valence-corrected chi connectivity index (χ0v) is 8.25. The molecule has 1 aliphatic heterocycles. The Kier molecular flexibility index (Phi) is 2.38. The van der Waals surface area contributed by atoms with Crippen LogP contribution in [0.15, 0.2) is 11.8 Å². The van der Waals surface area contributed by atoms with Crippen molar-refractivity contribution in [2.75, 3.05) is 13.1 Å². The van der Waals surface area contributed by atoms with Crippen molar-refractivity contribution in [2.45, 2.75) is 32.6 Å². The summed E-state index contributed by atoms with van der Waals surface area (Å²) in [6.45, 7) is 4.37. The van der Waals surface area contributed by atoms with Crippen molar-refractivity contribution in [3.63, 3.8) is 0 Å². The minimum atomic E-state index is 0.326. The molecule has 1 atom stereocenters. The average Bonchev–Trinajstić information content (AvgIpc) is 2.17. The minimum Gasteiger partial charge on any atom is -0.375 e. The van der Waals surface area contributed by atoms with Gasteiger partial charge in [-0.05, 0) is 32.1 Å². The monoisotopic (exact) mass is 179 g/mol. The molecule has 1 unspecified atom stereocenters. The molecular weight excluding hydrogens is 162 g/mol. The molecule has 2 heteroatoms. The first-order valence-electron chi connectivity index (χ1n) is 5.30. The average molecular weight is 179 g/mol. The first-order chi connectivity index (χ1) is 6.31. The van der Waals surface area contributed by atoms with Crippen LogP contribution >= 0.6 is 0 Å². The van der Waals surface area contributed by atoms with E-state index in [9.17, 15) is 4.79 Å². The number of rotatable bonds is 1. The summed E-state index contributed by atoms with van der Waals surface area (Å²) in [6, 6.07) is 0. The van der Waals surface area contributed by atoms with Crippen molar-refractivity contribution in [1.29, 1.82) is 0 Å². The van der Waals surface area contributed by atoms with Crippen molar-refractivity contribution >= 4 is 5.78 Å². The van der Waals surface area contributed by atoms with Crippen molar-refractivity contribution < 1.29 is 4.79 Å². The number of fused-ring (bicyclic) bond motifs is 1. The topological polar surface area (TPSA) is 20.3 Å². The van der Waals surface area contributed by atoms with Crippen LogP contribution in [0.2, 0.25) is 0 Å². The quantitative estimate of drug-likeness (QED) is 0.613. The standard InChI is InChI=1S/C11H17NO/c1-2-12-7-3-4-9-5-6-10(13)8-11(9)12/h8-9H,2-7H2,1H3. The van der Waals surface area contributed by atoms with Crippen LogP contribution in [0.4, 0.5) is 0 Å². The van der Waals surface area contributed by atoms with E-state index >= 15 is 0 Å². The molecule has 0 aromatic rings. The van der Waals surface area contributed by atoms with E-state index in [2.05, 4.69) is 11.8 Å². The van der Waals surface area contributed by atoms with E-state index in [-0.39, 0.29) is 0 Å². The van der Waals surface area contributed by atoms with Crippen LogP contribution in [0, 0.1) is 5.92 Å². The van der Waals surface area contributed by atoms with Gasteiger partial charge in [0.05, 0.1) is 0 Å². The van der Waals surface area contributed by atoms with Gasteiger partial charge in [0.15, 0.2) is 5.78 Å². The number of piperidine rings is 1. The van der Waals surface area contributed by atoms with E-state index in [1.54, 1.807) is 0 Å². The third-order valence-electron chi connectivity index (χ3n) is 3.19. The Hall–Kier alpha value is -0.790. The van der Waals surface area contributed by atoms with Crippen LogP contribution in [0.1, 0.15) is 32.6 Å². The molecule has 0 spiro atoms. The fraction of sp³-hybridized carbons (Fsp3) is 0.727. The van der Waals surface area contributed by atoms with Crippen LogP contribution in [-0.2, 0) is 4.79 Å². The zero-order valence-electron chi connectivity index (χ0n) is 8.25. The normalized spacial score (nSPS) is 28.4. The Morgan fingerprint density at radius 3 is 3.15 bits per heavy atom. The number of hydrogen-bond acceptors (Lipinski definition) is 2. The second-order valence-corrected chi connectivity index (χ2v) is 3.99. The molecule has 0 amide bonds. The molecule has 0 saturated carbocycles. The molecule has 2 rings (SSSR count). The molecule has 2 aliphatic rings. The van der Waals surface area contributed by atoms with E-state index < -0.39 is 0 Å². The van der Waals surface area contributed by atoms with Crippen molar-refractivity contribution in [1.82, 2.24) is 4.90 Å². The predicted octanol–water partition coefficient (Wildman–Crippen LogP) is 1.97. The fourth-order valence-corrected chi connectivity index (χ4v) is 2.46. The van der Waals surface area contributed by atoms with Gasteiger partial charge in [-0.25, -0.2) is 0 Å². The Morgan fingerprint density at radius 2 is 2.38 bits per heavy atom. The molecule has 0 radical (unpaired) electrons. The summed E-state index contributed by atoms with van der Waals surface area (Å²) in [4.78, 5) is 13.6. The lowest BCUT2D eigenvalue weighted by Crippen LogP contribution is -2.35. The van der Waals surface area contributed by atoms with Crippen molar-refractivity contribution in [3.05, 3.63) is 11.8 Å². The van der Waals surface area contributed by atoms with Gasteiger partial charge < -0.3 is 4.90 Å². The number of carbonyl (C=O) groups excluding carboxylic acids is 1. The highest BCUT2D eigenvalue weighted by Crippen LogP contribution is 2.33. The number of hydrogen-bond donors (Lipinski definition) is 0. The van der Waals surface area contributed by atoms with E-state index in [1.165, 1.54) is 18.5 Å². The van der Waals surface area contributed by atoms with E-state index in [0.29, 0.717) is 11.7 Å². The highest BCUT2D eigenvalue weighted by atomic mass is 16.1. The Balaban J connectivity index is 2.21. The van der Waals surface area contributed by atoms with Gasteiger partial charge in [0, 0.05) is 31.3 Å². The van der Waals surface area contributed by atoms with Crippen molar-refractivity contribution in [2.24, 2.45) is 5.92 Å². The molecular formula is C11H17NO. The molecule has 0 N–H and O–H groups in total. The summed E-state index contributed by atoms with van der Waals surface area (Å²) >= 11 is 0. The summed E-state index contributed by atoms with van der Waals surface area (Å²) in [5, 5.41) is 0. The van der Waals surface area contributed by atoms with Gasteiger partial charge in [0.2, 0.25) is 0 Å². The van der Waals surface area contributed by atoms with Gasteiger partial charge in [-0.2, -0.15) is 0 Å². The largest absolute Gasteiger partial charge is 0.375 e. The molecule has 0 bridgehead atoms. The fourth-order valence-electron chi connectivity index (χ4n) is 2.46. The smallest absolute Gasteiger partial charge is 0.157 e. The number of allylic oxidation sites excluding steroid dienone is 2. The highest BCUT2D eigenvalue weighted by Gasteiger charge is 2.27. The second kappa shape index (κ2) is 3.52. The van der Waals surface area contributed by atoms with Crippen LogP contribution in [0.5, 0.6) is 0 Å². The number of carbonyl (C=O) groups is 1. The first-order valence-corrected chi connectivity index (χ1v) is 5.30. The summed E-state index contributed by atoms with van der Waals surface area (Å²) in [5.41, 5.74) is 1.32. The molecule has 13 heavy (non-hydrogen) atoms. The van der Waals surface area contributed by atoms with Gasteiger partial charge in [0.1, 0.15) is 0 Å². The van der Waals surface area contributed by atoms with Crippen molar-refractivity contribution in [3.8, 4) is 0 Å². The van der Waals surface area contributed by atoms with E-state index in [1.807, 2.05) is 6.08 Å². The summed E-state index contributed by atoms with van der Waals surface area (Å²) in [7, 11) is 0. The maximum absolute atomic E-state index is 11.3. The SMILES string of the molecule is CCN1CCCC2CCC(=O)C=C21. The van der Waals surface area contributed by atoms with Crippen LogP contribution in [0.3, 0.4) is 0 Å². The molecule has 72 valence electrons. The maximum Gasteiger partial charge on any atom is 0.157 e. The highest BCUT2D eigenvalue weighted by molar-refractivity contribution is 5.91. The third kappa shape index (κ3) is 1.62.